The maximum atomic E-state index is 13.1. The Morgan fingerprint density at radius 1 is 1.16 bits per heavy atom. The number of amides is 1. The van der Waals surface area contributed by atoms with Crippen LogP contribution in [0.4, 0.5) is 5.69 Å². The van der Waals surface area contributed by atoms with Crippen LogP contribution in [-0.2, 0) is 27.7 Å². The number of likely N-dealkylation sites (N-methyl/N-ethyl adjacent to an activating group) is 1. The van der Waals surface area contributed by atoms with E-state index in [0.717, 1.165) is 40.9 Å². The fourth-order valence-corrected chi connectivity index (χ4v) is 5.21. The van der Waals surface area contributed by atoms with Crippen molar-refractivity contribution in [3.05, 3.63) is 53.7 Å². The van der Waals surface area contributed by atoms with Gasteiger partial charge in [0, 0.05) is 23.6 Å². The number of aryl methyl sites for hydroxylation is 2. The quantitative estimate of drug-likeness (QED) is 0.585. The van der Waals surface area contributed by atoms with Crippen molar-refractivity contribution in [2.24, 2.45) is 0 Å². The molecule has 1 aliphatic rings. The van der Waals surface area contributed by atoms with Crippen molar-refractivity contribution in [1.29, 1.82) is 0 Å². The molecule has 1 aromatic heterocycles. The Kier molecular flexibility index (Phi) is 6.02. The average Bonchev–Trinajstić information content (AvgIpc) is 3.13. The van der Waals surface area contributed by atoms with Crippen LogP contribution in [0.25, 0.3) is 10.9 Å². The van der Waals surface area contributed by atoms with Crippen molar-refractivity contribution >= 4 is 32.5 Å². The van der Waals surface area contributed by atoms with Gasteiger partial charge in [0.1, 0.15) is 5.75 Å². The minimum atomic E-state index is -3.82. The van der Waals surface area contributed by atoms with Gasteiger partial charge in [0.15, 0.2) is 0 Å². The van der Waals surface area contributed by atoms with Crippen molar-refractivity contribution in [2.75, 3.05) is 25.5 Å². The molecular weight excluding hydrogens is 414 g/mol. The molecule has 0 aliphatic heterocycles. The third kappa shape index (κ3) is 4.31. The maximum Gasteiger partial charge on any atom is 0.243 e. The summed E-state index contributed by atoms with van der Waals surface area (Å²) in [6.07, 6.45) is 4.21. The van der Waals surface area contributed by atoms with Gasteiger partial charge in [-0.1, -0.05) is 12.1 Å². The lowest BCUT2D eigenvalue weighted by atomic mass is 9.96. The number of rotatable bonds is 7. The largest absolute Gasteiger partial charge is 0.492 e. The van der Waals surface area contributed by atoms with Crippen molar-refractivity contribution in [2.45, 2.75) is 37.5 Å². The highest BCUT2D eigenvalue weighted by Gasteiger charge is 2.25. The molecule has 31 heavy (non-hydrogen) atoms. The zero-order chi connectivity index (χ0) is 22.0. The number of para-hydroxylation sites is 2. The van der Waals surface area contributed by atoms with Crippen LogP contribution in [0.15, 0.2) is 47.4 Å². The Morgan fingerprint density at radius 2 is 1.94 bits per heavy atom. The predicted molar refractivity (Wildman–Crippen MR) is 121 cm³/mol. The number of ether oxygens (including phenoxy) is 1. The van der Waals surface area contributed by atoms with E-state index in [4.69, 9.17) is 4.74 Å². The van der Waals surface area contributed by atoms with Gasteiger partial charge >= 0.3 is 0 Å². The van der Waals surface area contributed by atoms with Crippen LogP contribution >= 0.6 is 0 Å². The zero-order valence-electron chi connectivity index (χ0n) is 17.8. The number of anilines is 1. The first-order chi connectivity index (χ1) is 14.9. The average molecular weight is 442 g/mol. The second-order valence-electron chi connectivity index (χ2n) is 7.74. The number of aromatic amines is 1. The highest BCUT2D eigenvalue weighted by atomic mass is 32.2. The molecular formula is C23H27N3O4S. The molecule has 1 amide bonds. The van der Waals surface area contributed by atoms with Crippen LogP contribution in [0.5, 0.6) is 5.75 Å². The minimum absolute atomic E-state index is 0.192. The molecule has 4 rings (SSSR count). The molecule has 0 spiro atoms. The predicted octanol–water partition coefficient (Wildman–Crippen LogP) is 3.70. The summed E-state index contributed by atoms with van der Waals surface area (Å²) in [7, 11) is -2.40. The Morgan fingerprint density at radius 3 is 2.74 bits per heavy atom. The molecule has 3 aromatic rings. The van der Waals surface area contributed by atoms with Crippen LogP contribution in [0.1, 0.15) is 31.0 Å². The smallest absolute Gasteiger partial charge is 0.243 e. The first-order valence-electron chi connectivity index (χ1n) is 10.5. The normalized spacial score (nSPS) is 13.9. The fourth-order valence-electron chi connectivity index (χ4n) is 4.05. The molecule has 0 saturated heterocycles. The highest BCUT2D eigenvalue weighted by Crippen LogP contribution is 2.31. The van der Waals surface area contributed by atoms with Gasteiger partial charge in [-0.05, 0) is 68.5 Å². The summed E-state index contributed by atoms with van der Waals surface area (Å²) in [5.74, 6) is 0.116. The minimum Gasteiger partial charge on any atom is -0.492 e. The monoisotopic (exact) mass is 441 g/mol. The number of hydrogen-bond acceptors (Lipinski definition) is 4. The Bertz CT molecular complexity index is 1220. The van der Waals surface area contributed by atoms with E-state index in [-0.39, 0.29) is 11.4 Å². The number of carbonyl (C=O) groups excluding carboxylic acids is 1. The van der Waals surface area contributed by atoms with Gasteiger partial charge < -0.3 is 15.0 Å². The van der Waals surface area contributed by atoms with Gasteiger partial charge in [-0.25, -0.2) is 8.42 Å². The van der Waals surface area contributed by atoms with E-state index in [2.05, 4.69) is 10.3 Å². The van der Waals surface area contributed by atoms with Gasteiger partial charge in [-0.2, -0.15) is 4.31 Å². The van der Waals surface area contributed by atoms with Crippen LogP contribution < -0.4 is 10.1 Å². The molecule has 0 saturated carbocycles. The topological polar surface area (TPSA) is 91.5 Å². The lowest BCUT2D eigenvalue weighted by Crippen LogP contribution is -2.35. The molecule has 0 radical (unpaired) electrons. The summed E-state index contributed by atoms with van der Waals surface area (Å²) in [4.78, 5) is 16.1. The van der Waals surface area contributed by atoms with Crippen LogP contribution in [0.2, 0.25) is 0 Å². The van der Waals surface area contributed by atoms with E-state index >= 15 is 0 Å². The van der Waals surface area contributed by atoms with E-state index in [0.29, 0.717) is 18.0 Å². The number of fused-ring (bicyclic) bond motifs is 3. The van der Waals surface area contributed by atoms with Crippen molar-refractivity contribution in [3.63, 3.8) is 0 Å². The number of carbonyl (C=O) groups is 1. The summed E-state index contributed by atoms with van der Waals surface area (Å²) >= 11 is 0. The molecule has 2 aromatic carbocycles. The van der Waals surface area contributed by atoms with Crippen molar-refractivity contribution in [3.8, 4) is 5.75 Å². The number of sulfonamides is 1. The van der Waals surface area contributed by atoms with Crippen molar-refractivity contribution < 1.29 is 17.9 Å². The number of hydrogen-bond donors (Lipinski definition) is 2. The van der Waals surface area contributed by atoms with Gasteiger partial charge in [0.2, 0.25) is 15.9 Å². The lowest BCUT2D eigenvalue weighted by molar-refractivity contribution is -0.116. The molecule has 1 aliphatic carbocycles. The molecule has 0 unspecified atom stereocenters. The van der Waals surface area contributed by atoms with E-state index in [1.165, 1.54) is 18.3 Å². The fraction of sp³-hybridized carbons (Fsp3) is 0.348. The summed E-state index contributed by atoms with van der Waals surface area (Å²) in [6.45, 7) is 2.02. The summed E-state index contributed by atoms with van der Waals surface area (Å²) in [6, 6.07) is 12.2. The van der Waals surface area contributed by atoms with E-state index < -0.39 is 15.9 Å². The Hall–Kier alpha value is -2.84. The molecule has 2 N–H and O–H groups in total. The first kappa shape index (κ1) is 21.4. The molecule has 7 nitrogen and oxygen atoms in total. The first-order valence-corrected chi connectivity index (χ1v) is 12.0. The molecule has 0 fully saturated rings. The van der Waals surface area contributed by atoms with Gasteiger partial charge in [0.25, 0.3) is 0 Å². The Balaban J connectivity index is 1.53. The third-order valence-corrected chi connectivity index (χ3v) is 7.40. The number of H-pyrrole nitrogens is 1. The van der Waals surface area contributed by atoms with E-state index in [1.54, 1.807) is 30.3 Å². The maximum absolute atomic E-state index is 13.1. The van der Waals surface area contributed by atoms with Crippen LogP contribution in [0, 0.1) is 0 Å². The molecule has 0 atom stereocenters. The number of benzene rings is 2. The van der Waals surface area contributed by atoms with Crippen LogP contribution in [-0.4, -0.2) is 43.8 Å². The summed E-state index contributed by atoms with van der Waals surface area (Å²) < 4.78 is 32.9. The third-order valence-electron chi connectivity index (χ3n) is 5.60. The zero-order valence-corrected chi connectivity index (χ0v) is 18.6. The van der Waals surface area contributed by atoms with E-state index in [9.17, 15) is 13.2 Å². The molecule has 164 valence electrons. The highest BCUT2D eigenvalue weighted by molar-refractivity contribution is 7.89. The lowest BCUT2D eigenvalue weighted by Gasteiger charge is -2.18. The Labute approximate surface area is 182 Å². The number of nitrogens with zero attached hydrogens (tertiary/aromatic N) is 1. The molecule has 8 heteroatoms. The van der Waals surface area contributed by atoms with Gasteiger partial charge in [-0.15, -0.1) is 0 Å². The van der Waals surface area contributed by atoms with E-state index in [1.807, 2.05) is 19.1 Å². The summed E-state index contributed by atoms with van der Waals surface area (Å²) in [5, 5.41) is 3.70. The SMILES string of the molecule is CCOc1ccccc1NC(=O)CN(C)S(=O)(=O)c1ccc2[nH]c3c(c2c1)CCCC3. The molecule has 0 bridgehead atoms. The number of nitrogens with one attached hydrogen (secondary N) is 2. The standard InChI is InChI=1S/C23H27N3O4S/c1-3-30-22-11-7-6-10-21(22)25-23(27)15-26(2)31(28,29)16-12-13-20-18(14-16)17-8-4-5-9-19(17)24-20/h6-7,10-14,24H,3-5,8-9,15H2,1-2H3,(H,25,27). The number of aromatic nitrogens is 1. The van der Waals surface area contributed by atoms with Gasteiger partial charge in [0.05, 0.1) is 23.7 Å². The second-order valence-corrected chi connectivity index (χ2v) is 9.78. The second kappa shape index (κ2) is 8.72. The van der Waals surface area contributed by atoms with Crippen molar-refractivity contribution in [1.82, 2.24) is 9.29 Å². The summed E-state index contributed by atoms with van der Waals surface area (Å²) in [5.41, 5.74) is 3.89. The van der Waals surface area contributed by atoms with Gasteiger partial charge in [-0.3, -0.25) is 4.79 Å². The molecule has 1 heterocycles. The van der Waals surface area contributed by atoms with Crippen LogP contribution in [0.3, 0.4) is 0 Å².